The van der Waals surface area contributed by atoms with E-state index in [-0.39, 0.29) is 24.4 Å². The molecule has 1 aromatic heterocycles. The summed E-state index contributed by atoms with van der Waals surface area (Å²) in [6, 6.07) is 7.78. The highest BCUT2D eigenvalue weighted by Gasteiger charge is 2.51. The number of aromatic nitrogens is 1. The maximum atomic E-state index is 13.0. The first kappa shape index (κ1) is 15.2. The highest BCUT2D eigenvalue weighted by Crippen LogP contribution is 2.42. The first-order chi connectivity index (χ1) is 11.4. The highest BCUT2D eigenvalue weighted by molar-refractivity contribution is 5.97. The van der Waals surface area contributed by atoms with E-state index >= 15 is 0 Å². The molecule has 1 saturated heterocycles. The van der Waals surface area contributed by atoms with Crippen LogP contribution in [-0.4, -0.2) is 45.7 Å². The van der Waals surface area contributed by atoms with Crippen molar-refractivity contribution in [3.05, 3.63) is 35.5 Å². The minimum absolute atomic E-state index is 0.0438. The Bertz CT molecular complexity index is 836. The lowest BCUT2D eigenvalue weighted by molar-refractivity contribution is -0.163. The molecule has 2 amide bonds. The van der Waals surface area contributed by atoms with Crippen LogP contribution >= 0.6 is 0 Å². The molecule has 1 N–H and O–H groups in total. The maximum absolute atomic E-state index is 13.0. The number of carbonyl (C=O) groups is 2. The topological polar surface area (TPSA) is 56.4 Å². The van der Waals surface area contributed by atoms with Crippen molar-refractivity contribution in [3.8, 4) is 0 Å². The van der Waals surface area contributed by atoms with Crippen LogP contribution in [0, 0.1) is 0 Å². The van der Waals surface area contributed by atoms with Gasteiger partial charge in [-0.3, -0.25) is 9.59 Å². The Hall–Kier alpha value is -2.30. The number of nitrogens with zero attached hydrogens (tertiary/aromatic N) is 2. The number of hydrogen-bond donors (Lipinski definition) is 1. The zero-order valence-electron chi connectivity index (χ0n) is 14.4. The van der Waals surface area contributed by atoms with Crippen molar-refractivity contribution < 1.29 is 9.59 Å². The average molecular weight is 325 g/mol. The molecule has 0 bridgehead atoms. The fraction of sp³-hybridized carbons (Fsp3) is 0.474. The Morgan fingerprint density at radius 3 is 2.75 bits per heavy atom. The van der Waals surface area contributed by atoms with Crippen LogP contribution in [0.15, 0.2) is 24.3 Å². The van der Waals surface area contributed by atoms with E-state index in [0.29, 0.717) is 13.0 Å². The summed E-state index contributed by atoms with van der Waals surface area (Å²) in [6.07, 6.45) is 1.46. The molecule has 0 spiro atoms. The standard InChI is InChI=1S/C19H23N3O2/c1-4-9-21-11-16(23)22-15(18(21)24)10-13-12-7-5-6-8-14(12)20-17(13)19(22,2)3/h5-8,15,20H,4,9-11H2,1-3H3. The van der Waals surface area contributed by atoms with Gasteiger partial charge in [-0.05, 0) is 31.9 Å². The van der Waals surface area contributed by atoms with E-state index in [1.807, 2.05) is 32.9 Å². The summed E-state index contributed by atoms with van der Waals surface area (Å²) < 4.78 is 0. The summed E-state index contributed by atoms with van der Waals surface area (Å²) in [5.74, 6) is 0.128. The van der Waals surface area contributed by atoms with Gasteiger partial charge in [-0.25, -0.2) is 0 Å². The Labute approximate surface area is 141 Å². The van der Waals surface area contributed by atoms with E-state index in [9.17, 15) is 9.59 Å². The summed E-state index contributed by atoms with van der Waals surface area (Å²) >= 11 is 0. The third-order valence-electron chi connectivity index (χ3n) is 5.42. The van der Waals surface area contributed by atoms with Gasteiger partial charge >= 0.3 is 0 Å². The number of aromatic amines is 1. The number of nitrogens with one attached hydrogen (secondary N) is 1. The number of piperazine rings is 1. The highest BCUT2D eigenvalue weighted by atomic mass is 16.2. The second-order valence-corrected chi connectivity index (χ2v) is 7.33. The van der Waals surface area contributed by atoms with Gasteiger partial charge in [-0.15, -0.1) is 0 Å². The molecule has 2 aliphatic heterocycles. The number of benzene rings is 1. The lowest BCUT2D eigenvalue weighted by Crippen LogP contribution is -2.67. The molecule has 2 aromatic rings. The minimum Gasteiger partial charge on any atom is -0.356 e. The van der Waals surface area contributed by atoms with E-state index in [1.165, 1.54) is 5.56 Å². The molecule has 2 aliphatic rings. The predicted octanol–water partition coefficient (Wildman–Crippen LogP) is 2.41. The van der Waals surface area contributed by atoms with Crippen molar-refractivity contribution >= 4 is 22.7 Å². The Morgan fingerprint density at radius 1 is 1.25 bits per heavy atom. The van der Waals surface area contributed by atoms with Crippen molar-refractivity contribution in [1.29, 1.82) is 0 Å². The van der Waals surface area contributed by atoms with Gasteiger partial charge in [0.1, 0.15) is 6.04 Å². The zero-order valence-corrected chi connectivity index (χ0v) is 14.4. The van der Waals surface area contributed by atoms with Crippen LogP contribution in [0.1, 0.15) is 38.4 Å². The van der Waals surface area contributed by atoms with Crippen molar-refractivity contribution in [2.75, 3.05) is 13.1 Å². The molecule has 5 heteroatoms. The van der Waals surface area contributed by atoms with Gasteiger partial charge in [0.2, 0.25) is 11.8 Å². The van der Waals surface area contributed by atoms with Gasteiger partial charge in [0.05, 0.1) is 12.1 Å². The number of H-pyrrole nitrogens is 1. The summed E-state index contributed by atoms with van der Waals surface area (Å²) in [5.41, 5.74) is 2.80. The molecule has 3 heterocycles. The molecule has 1 fully saturated rings. The molecule has 0 saturated carbocycles. The molecule has 1 atom stereocenters. The first-order valence-corrected chi connectivity index (χ1v) is 8.66. The lowest BCUT2D eigenvalue weighted by Gasteiger charge is -2.51. The summed E-state index contributed by atoms with van der Waals surface area (Å²) in [6.45, 7) is 6.95. The smallest absolute Gasteiger partial charge is 0.246 e. The normalized spacial score (nSPS) is 22.7. The molecule has 1 aromatic carbocycles. The van der Waals surface area contributed by atoms with Crippen molar-refractivity contribution in [1.82, 2.24) is 14.8 Å². The van der Waals surface area contributed by atoms with Crippen LogP contribution in [0.25, 0.3) is 10.9 Å². The molecular weight excluding hydrogens is 302 g/mol. The Balaban J connectivity index is 1.86. The molecule has 24 heavy (non-hydrogen) atoms. The number of para-hydroxylation sites is 1. The van der Waals surface area contributed by atoms with Crippen molar-refractivity contribution in [3.63, 3.8) is 0 Å². The number of fused-ring (bicyclic) bond motifs is 4. The molecule has 5 nitrogen and oxygen atoms in total. The number of rotatable bonds is 2. The van der Waals surface area contributed by atoms with Gasteiger partial charge in [-0.2, -0.15) is 0 Å². The molecule has 4 rings (SSSR count). The van der Waals surface area contributed by atoms with E-state index in [2.05, 4.69) is 17.1 Å². The fourth-order valence-corrected chi connectivity index (χ4v) is 4.40. The largest absolute Gasteiger partial charge is 0.356 e. The quantitative estimate of drug-likeness (QED) is 0.922. The van der Waals surface area contributed by atoms with Crippen LogP contribution < -0.4 is 0 Å². The molecule has 0 radical (unpaired) electrons. The van der Waals surface area contributed by atoms with Crippen LogP contribution in [0.3, 0.4) is 0 Å². The van der Waals surface area contributed by atoms with Gasteiger partial charge in [-0.1, -0.05) is 25.1 Å². The Kier molecular flexibility index (Phi) is 3.24. The van der Waals surface area contributed by atoms with Gasteiger partial charge in [0, 0.05) is 29.6 Å². The van der Waals surface area contributed by atoms with Crippen LogP contribution in [-0.2, 0) is 21.5 Å². The summed E-state index contributed by atoms with van der Waals surface area (Å²) in [5, 5.41) is 1.16. The number of carbonyl (C=O) groups excluding carboxylic acids is 2. The van der Waals surface area contributed by atoms with Crippen LogP contribution in [0.4, 0.5) is 0 Å². The Morgan fingerprint density at radius 2 is 2.00 bits per heavy atom. The van der Waals surface area contributed by atoms with E-state index < -0.39 is 5.54 Å². The summed E-state index contributed by atoms with van der Waals surface area (Å²) in [4.78, 5) is 32.8. The van der Waals surface area contributed by atoms with E-state index in [4.69, 9.17) is 0 Å². The number of amides is 2. The maximum Gasteiger partial charge on any atom is 0.246 e. The molecule has 0 aliphatic carbocycles. The van der Waals surface area contributed by atoms with Crippen LogP contribution in [0.2, 0.25) is 0 Å². The molecule has 126 valence electrons. The zero-order chi connectivity index (χ0) is 17.1. The van der Waals surface area contributed by atoms with Crippen LogP contribution in [0.5, 0.6) is 0 Å². The number of hydrogen-bond acceptors (Lipinski definition) is 2. The van der Waals surface area contributed by atoms with Crippen molar-refractivity contribution in [2.24, 2.45) is 0 Å². The fourth-order valence-electron chi connectivity index (χ4n) is 4.40. The van der Waals surface area contributed by atoms with E-state index in [0.717, 1.165) is 23.0 Å². The van der Waals surface area contributed by atoms with Gasteiger partial charge in [0.15, 0.2) is 0 Å². The minimum atomic E-state index is -0.512. The van der Waals surface area contributed by atoms with Gasteiger partial charge < -0.3 is 14.8 Å². The SMILES string of the molecule is CCCN1CC(=O)N2C(Cc3c([nH]c4ccccc34)C2(C)C)C1=O. The second-order valence-electron chi connectivity index (χ2n) is 7.33. The average Bonchev–Trinajstić information content (AvgIpc) is 2.92. The molecular formula is C19H23N3O2. The molecule has 1 unspecified atom stereocenters. The van der Waals surface area contributed by atoms with Gasteiger partial charge in [0.25, 0.3) is 0 Å². The predicted molar refractivity (Wildman–Crippen MR) is 92.5 cm³/mol. The van der Waals surface area contributed by atoms with E-state index in [1.54, 1.807) is 9.80 Å². The second kappa shape index (κ2) is 5.10. The lowest BCUT2D eigenvalue weighted by atomic mass is 9.82. The third kappa shape index (κ3) is 1.93. The first-order valence-electron chi connectivity index (χ1n) is 8.66. The monoisotopic (exact) mass is 325 g/mol. The van der Waals surface area contributed by atoms with Crippen molar-refractivity contribution in [2.45, 2.75) is 45.2 Å². The summed E-state index contributed by atoms with van der Waals surface area (Å²) in [7, 11) is 0. The third-order valence-corrected chi connectivity index (χ3v) is 5.42.